The van der Waals surface area contributed by atoms with Crippen molar-refractivity contribution in [3.8, 4) is 11.3 Å². The second-order valence-electron chi connectivity index (χ2n) is 6.82. The van der Waals surface area contributed by atoms with E-state index in [0.717, 1.165) is 29.8 Å². The van der Waals surface area contributed by atoms with Crippen molar-refractivity contribution in [1.29, 1.82) is 0 Å². The van der Waals surface area contributed by atoms with E-state index in [2.05, 4.69) is 27.4 Å². The van der Waals surface area contributed by atoms with Gasteiger partial charge in [-0.3, -0.25) is 4.79 Å². The van der Waals surface area contributed by atoms with Crippen LogP contribution in [0.2, 0.25) is 0 Å². The summed E-state index contributed by atoms with van der Waals surface area (Å²) in [6.07, 6.45) is 1.87. The highest BCUT2D eigenvalue weighted by atomic mass is 32.2. The minimum atomic E-state index is 0.0110. The number of carbonyl (C=O) groups is 1. The van der Waals surface area contributed by atoms with E-state index in [9.17, 15) is 4.79 Å². The molecule has 1 aromatic heterocycles. The normalized spacial score (nSPS) is 11.8. The highest BCUT2D eigenvalue weighted by molar-refractivity contribution is 7.99. The molecule has 0 aliphatic carbocycles. The fourth-order valence-corrected chi connectivity index (χ4v) is 3.62. The van der Waals surface area contributed by atoms with Crippen molar-refractivity contribution in [2.45, 2.75) is 37.9 Å². The number of nitrogens with zero attached hydrogens (tertiary/aromatic N) is 2. The third-order valence-electron chi connectivity index (χ3n) is 4.35. The van der Waals surface area contributed by atoms with Gasteiger partial charge in [-0.05, 0) is 38.3 Å². The molecule has 28 heavy (non-hydrogen) atoms. The first-order valence-electron chi connectivity index (χ1n) is 9.47. The van der Waals surface area contributed by atoms with Crippen LogP contribution in [0.3, 0.4) is 0 Å². The van der Waals surface area contributed by atoms with E-state index < -0.39 is 0 Å². The van der Waals surface area contributed by atoms with Gasteiger partial charge in [0.25, 0.3) is 0 Å². The van der Waals surface area contributed by atoms with Gasteiger partial charge in [0.05, 0.1) is 11.4 Å². The van der Waals surface area contributed by atoms with E-state index in [4.69, 9.17) is 0 Å². The molecule has 3 aromatic rings. The van der Waals surface area contributed by atoms with Crippen molar-refractivity contribution in [3.05, 3.63) is 78.0 Å². The molecule has 3 rings (SSSR count). The van der Waals surface area contributed by atoms with Crippen molar-refractivity contribution in [2.75, 3.05) is 5.75 Å². The Morgan fingerprint density at radius 1 is 1.04 bits per heavy atom. The molecule has 0 spiro atoms. The largest absolute Gasteiger partial charge is 0.353 e. The highest BCUT2D eigenvalue weighted by Crippen LogP contribution is 2.21. The number of amides is 1. The van der Waals surface area contributed by atoms with E-state index in [1.54, 1.807) is 0 Å². The molecule has 4 nitrogen and oxygen atoms in total. The maximum absolute atomic E-state index is 12.3. The number of aromatic nitrogens is 2. The number of carbonyl (C=O) groups excluding carboxylic acids is 1. The van der Waals surface area contributed by atoms with Crippen LogP contribution in [-0.2, 0) is 11.2 Å². The summed E-state index contributed by atoms with van der Waals surface area (Å²) >= 11 is 1.37. The summed E-state index contributed by atoms with van der Waals surface area (Å²) in [7, 11) is 0. The quantitative estimate of drug-likeness (QED) is 0.447. The maximum atomic E-state index is 12.3. The number of hydrogen-bond donors (Lipinski definition) is 1. The lowest BCUT2D eigenvalue weighted by molar-refractivity contribution is -0.119. The SMILES string of the molecule is Cc1cc(-c2ccccc2)nc(SCC(=O)N[C@H](C)CCc2ccccc2)n1. The van der Waals surface area contributed by atoms with Gasteiger partial charge < -0.3 is 5.32 Å². The molecule has 0 aliphatic rings. The van der Waals surface area contributed by atoms with Gasteiger partial charge >= 0.3 is 0 Å². The lowest BCUT2D eigenvalue weighted by atomic mass is 10.1. The van der Waals surface area contributed by atoms with Crippen molar-refractivity contribution in [3.63, 3.8) is 0 Å². The Hall–Kier alpha value is -2.66. The average Bonchev–Trinajstić information content (AvgIpc) is 2.72. The summed E-state index contributed by atoms with van der Waals surface area (Å²) in [6, 6.07) is 22.4. The maximum Gasteiger partial charge on any atom is 0.230 e. The topological polar surface area (TPSA) is 54.9 Å². The average molecular weight is 392 g/mol. The summed E-state index contributed by atoms with van der Waals surface area (Å²) in [5, 5.41) is 3.70. The fourth-order valence-electron chi connectivity index (χ4n) is 2.91. The standard InChI is InChI=1S/C23H25N3OS/c1-17(13-14-19-9-5-3-6-10-19)24-22(27)16-28-23-25-18(2)15-21(26-23)20-11-7-4-8-12-20/h3-12,15,17H,13-14,16H2,1-2H3,(H,24,27)/t17-/m1/s1. The van der Waals surface area contributed by atoms with Crippen molar-refractivity contribution in [1.82, 2.24) is 15.3 Å². The van der Waals surface area contributed by atoms with Crippen LogP contribution in [0.5, 0.6) is 0 Å². The van der Waals surface area contributed by atoms with E-state index in [-0.39, 0.29) is 11.9 Å². The number of hydrogen-bond acceptors (Lipinski definition) is 4. The monoisotopic (exact) mass is 391 g/mol. The van der Waals surface area contributed by atoms with Gasteiger partial charge in [-0.1, -0.05) is 72.4 Å². The second kappa shape index (κ2) is 10.0. The van der Waals surface area contributed by atoms with Crippen LogP contribution in [0.15, 0.2) is 71.9 Å². The zero-order chi connectivity index (χ0) is 19.8. The third kappa shape index (κ3) is 6.20. The van der Waals surface area contributed by atoms with Crippen molar-refractivity contribution < 1.29 is 4.79 Å². The summed E-state index contributed by atoms with van der Waals surface area (Å²) in [5.74, 6) is 0.324. The van der Waals surface area contributed by atoms with Gasteiger partial charge in [-0.2, -0.15) is 0 Å². The van der Waals surface area contributed by atoms with E-state index >= 15 is 0 Å². The lowest BCUT2D eigenvalue weighted by Crippen LogP contribution is -2.34. The molecule has 0 radical (unpaired) electrons. The van der Waals surface area contributed by atoms with Crippen LogP contribution in [0.4, 0.5) is 0 Å². The van der Waals surface area contributed by atoms with Crippen LogP contribution in [0.25, 0.3) is 11.3 Å². The molecule has 5 heteroatoms. The Kier molecular flexibility index (Phi) is 7.20. The molecule has 2 aromatic carbocycles. The molecule has 1 heterocycles. The first-order valence-corrected chi connectivity index (χ1v) is 10.5. The molecular formula is C23H25N3OS. The molecule has 144 valence electrons. The van der Waals surface area contributed by atoms with Crippen LogP contribution in [0, 0.1) is 6.92 Å². The number of aryl methyl sites for hydroxylation is 2. The predicted molar refractivity (Wildman–Crippen MR) is 115 cm³/mol. The van der Waals surface area contributed by atoms with Crippen LogP contribution >= 0.6 is 11.8 Å². The first-order chi connectivity index (χ1) is 13.6. The molecule has 1 atom stereocenters. The van der Waals surface area contributed by atoms with Gasteiger partial charge in [0.15, 0.2) is 5.16 Å². The molecular weight excluding hydrogens is 366 g/mol. The third-order valence-corrected chi connectivity index (χ3v) is 5.20. The Balaban J connectivity index is 1.51. The number of thioether (sulfide) groups is 1. The van der Waals surface area contributed by atoms with Crippen LogP contribution in [0.1, 0.15) is 24.6 Å². The number of nitrogens with one attached hydrogen (secondary N) is 1. The van der Waals surface area contributed by atoms with Crippen LogP contribution < -0.4 is 5.32 Å². The zero-order valence-electron chi connectivity index (χ0n) is 16.3. The minimum Gasteiger partial charge on any atom is -0.353 e. The second-order valence-corrected chi connectivity index (χ2v) is 7.77. The van der Waals surface area contributed by atoms with Gasteiger partial charge in [0.2, 0.25) is 5.91 Å². The molecule has 0 unspecified atom stereocenters. The summed E-state index contributed by atoms with van der Waals surface area (Å²) in [4.78, 5) is 21.4. The highest BCUT2D eigenvalue weighted by Gasteiger charge is 2.11. The van der Waals surface area contributed by atoms with Crippen molar-refractivity contribution in [2.24, 2.45) is 0 Å². The zero-order valence-corrected chi connectivity index (χ0v) is 17.1. The van der Waals surface area contributed by atoms with Gasteiger partial charge in [0.1, 0.15) is 0 Å². The molecule has 0 bridgehead atoms. The van der Waals surface area contributed by atoms with E-state index in [1.165, 1.54) is 17.3 Å². The summed E-state index contributed by atoms with van der Waals surface area (Å²) < 4.78 is 0. The minimum absolute atomic E-state index is 0.0110. The van der Waals surface area contributed by atoms with Crippen molar-refractivity contribution >= 4 is 17.7 Å². The molecule has 0 fully saturated rings. The Labute approximate surface area is 170 Å². The smallest absolute Gasteiger partial charge is 0.230 e. The van der Waals surface area contributed by atoms with Gasteiger partial charge in [0, 0.05) is 17.3 Å². The summed E-state index contributed by atoms with van der Waals surface area (Å²) in [5.41, 5.74) is 4.12. The number of benzene rings is 2. The van der Waals surface area contributed by atoms with Crippen LogP contribution in [-0.4, -0.2) is 27.7 Å². The van der Waals surface area contributed by atoms with Gasteiger partial charge in [-0.15, -0.1) is 0 Å². The Bertz CT molecular complexity index is 900. The lowest BCUT2D eigenvalue weighted by Gasteiger charge is -2.13. The Morgan fingerprint density at radius 3 is 2.43 bits per heavy atom. The van der Waals surface area contributed by atoms with E-state index in [1.807, 2.05) is 68.4 Å². The van der Waals surface area contributed by atoms with E-state index in [0.29, 0.717) is 10.9 Å². The number of rotatable bonds is 8. The first kappa shape index (κ1) is 20.1. The molecule has 0 saturated carbocycles. The molecule has 1 N–H and O–H groups in total. The molecule has 0 saturated heterocycles. The molecule has 0 aliphatic heterocycles. The predicted octanol–water partition coefficient (Wildman–Crippen LogP) is 4.68. The fraction of sp³-hybridized carbons (Fsp3) is 0.261. The molecule has 1 amide bonds. The summed E-state index contributed by atoms with van der Waals surface area (Å²) in [6.45, 7) is 3.99. The Morgan fingerprint density at radius 2 is 1.71 bits per heavy atom. The van der Waals surface area contributed by atoms with Gasteiger partial charge in [-0.25, -0.2) is 9.97 Å².